The summed E-state index contributed by atoms with van der Waals surface area (Å²) in [4.78, 5) is -0.0269. The molecule has 3 nitrogen and oxygen atoms in total. The van der Waals surface area contributed by atoms with Crippen LogP contribution in [0.4, 0.5) is 0 Å². The Hall–Kier alpha value is 0.130. The minimum absolute atomic E-state index is 0. The molecule has 0 spiro atoms. The van der Waals surface area contributed by atoms with Crippen LogP contribution in [-0.2, 0) is 16.5 Å². The van der Waals surface area contributed by atoms with E-state index >= 15 is 0 Å². The molecular formula is C20H35NaO3S. The largest absolute Gasteiger partial charge is 1.00 e. The Balaban J connectivity index is 0. The number of aryl methyl sites for hydroxylation is 1. The van der Waals surface area contributed by atoms with E-state index < -0.39 is 10.1 Å². The van der Waals surface area contributed by atoms with E-state index in [1.807, 2.05) is 0 Å². The summed E-state index contributed by atoms with van der Waals surface area (Å²) in [5.41, 5.74) is 1.13. The van der Waals surface area contributed by atoms with Crippen LogP contribution in [0.2, 0.25) is 0 Å². The van der Waals surface area contributed by atoms with Gasteiger partial charge in [-0.25, -0.2) is 0 Å². The molecule has 140 valence electrons. The van der Waals surface area contributed by atoms with E-state index in [4.69, 9.17) is 4.55 Å². The predicted molar refractivity (Wildman–Crippen MR) is 102 cm³/mol. The van der Waals surface area contributed by atoms with Gasteiger partial charge in [-0.05, 0) is 30.5 Å². The van der Waals surface area contributed by atoms with Gasteiger partial charge in [0.15, 0.2) is 0 Å². The maximum atomic E-state index is 11.0. The van der Waals surface area contributed by atoms with Crippen molar-refractivity contribution >= 4 is 10.1 Å². The quantitative estimate of drug-likeness (QED) is 0.307. The normalized spacial score (nSPS) is 11.3. The van der Waals surface area contributed by atoms with E-state index in [1.165, 1.54) is 82.8 Å². The fraction of sp³-hybridized carbons (Fsp3) is 0.700. The summed E-state index contributed by atoms with van der Waals surface area (Å²) in [6.07, 6.45) is 17.0. The second-order valence-electron chi connectivity index (χ2n) is 6.76. The fourth-order valence-electron chi connectivity index (χ4n) is 3.00. The molecule has 1 N–H and O–H groups in total. The van der Waals surface area contributed by atoms with Crippen LogP contribution >= 0.6 is 0 Å². The molecule has 1 aromatic carbocycles. The van der Waals surface area contributed by atoms with Crippen LogP contribution < -0.4 is 29.6 Å². The van der Waals surface area contributed by atoms with Gasteiger partial charge in [0, 0.05) is 0 Å². The molecule has 1 aromatic rings. The number of rotatable bonds is 14. The molecule has 0 atom stereocenters. The first-order chi connectivity index (χ1) is 11.5. The fourth-order valence-corrected chi connectivity index (χ4v) is 3.48. The van der Waals surface area contributed by atoms with Crippen LogP contribution in [0.1, 0.15) is 91.0 Å². The van der Waals surface area contributed by atoms with Crippen molar-refractivity contribution in [3.8, 4) is 0 Å². The van der Waals surface area contributed by atoms with Crippen molar-refractivity contribution in [2.24, 2.45) is 0 Å². The first-order valence-corrected chi connectivity index (χ1v) is 11.0. The molecule has 0 saturated carbocycles. The second-order valence-corrected chi connectivity index (χ2v) is 8.18. The third kappa shape index (κ3) is 13.0. The van der Waals surface area contributed by atoms with Crippen LogP contribution in [0.25, 0.3) is 0 Å². The Morgan fingerprint density at radius 2 is 1.16 bits per heavy atom. The number of hydrogen-bond acceptors (Lipinski definition) is 2. The van der Waals surface area contributed by atoms with E-state index in [-0.39, 0.29) is 35.9 Å². The van der Waals surface area contributed by atoms with Crippen molar-refractivity contribution in [3.63, 3.8) is 0 Å². The van der Waals surface area contributed by atoms with E-state index in [2.05, 4.69) is 6.92 Å². The van der Waals surface area contributed by atoms with Crippen molar-refractivity contribution in [2.75, 3.05) is 0 Å². The van der Waals surface area contributed by atoms with Gasteiger partial charge in [-0.3, -0.25) is 4.55 Å². The van der Waals surface area contributed by atoms with Gasteiger partial charge in [-0.2, -0.15) is 8.42 Å². The van der Waals surface area contributed by atoms with Crippen LogP contribution in [0, 0.1) is 0 Å². The molecule has 0 aliphatic rings. The van der Waals surface area contributed by atoms with Gasteiger partial charge in [-0.1, -0.05) is 89.7 Å². The topological polar surface area (TPSA) is 54.4 Å². The average Bonchev–Trinajstić information content (AvgIpc) is 2.55. The van der Waals surface area contributed by atoms with Crippen molar-refractivity contribution in [1.82, 2.24) is 0 Å². The van der Waals surface area contributed by atoms with Crippen LogP contribution in [0.3, 0.4) is 0 Å². The summed E-state index contributed by atoms with van der Waals surface area (Å²) in [5.74, 6) is 0. The summed E-state index contributed by atoms with van der Waals surface area (Å²) in [6.45, 7) is 2.26. The molecule has 0 heterocycles. The van der Waals surface area contributed by atoms with Gasteiger partial charge in [0.05, 0.1) is 4.90 Å². The standard InChI is InChI=1S/C20H34O3S.Na.H/c1-2-3-4-5-6-7-8-9-10-11-12-13-14-19-15-17-20(18-16-19)24(21,22)23;;/h15-18H,2-14H2,1H3,(H,21,22,23);;/q;+1;-1. The SMILES string of the molecule is CCCCCCCCCCCCCCc1ccc(S(=O)(=O)O)cc1.[H-].[Na+]. The van der Waals surface area contributed by atoms with Crippen LogP contribution in [-0.4, -0.2) is 13.0 Å². The minimum Gasteiger partial charge on any atom is -1.00 e. The molecule has 5 heteroatoms. The summed E-state index contributed by atoms with van der Waals surface area (Å²) in [5, 5.41) is 0. The summed E-state index contributed by atoms with van der Waals surface area (Å²) < 4.78 is 30.9. The molecule has 0 aromatic heterocycles. The zero-order chi connectivity index (χ0) is 17.7. The van der Waals surface area contributed by atoms with Gasteiger partial charge in [0.1, 0.15) is 0 Å². The van der Waals surface area contributed by atoms with Gasteiger partial charge in [0.2, 0.25) is 0 Å². The molecule has 0 aliphatic carbocycles. The molecule has 0 bridgehead atoms. The molecule has 0 saturated heterocycles. The zero-order valence-electron chi connectivity index (χ0n) is 17.2. The molecular weight excluding hydrogens is 343 g/mol. The summed E-state index contributed by atoms with van der Waals surface area (Å²) in [6, 6.07) is 6.54. The molecule has 25 heavy (non-hydrogen) atoms. The third-order valence-corrected chi connectivity index (χ3v) is 5.41. The van der Waals surface area contributed by atoms with Crippen LogP contribution in [0.15, 0.2) is 29.2 Å². The minimum atomic E-state index is -4.07. The maximum absolute atomic E-state index is 11.0. The van der Waals surface area contributed by atoms with E-state index in [9.17, 15) is 8.42 Å². The zero-order valence-corrected chi connectivity index (χ0v) is 19.0. The smallest absolute Gasteiger partial charge is 1.00 e. The van der Waals surface area contributed by atoms with E-state index in [0.717, 1.165) is 18.4 Å². The van der Waals surface area contributed by atoms with Gasteiger partial charge in [-0.15, -0.1) is 0 Å². The van der Waals surface area contributed by atoms with Crippen molar-refractivity contribution in [2.45, 2.75) is 95.3 Å². The Kier molecular flexibility index (Phi) is 15.3. The first-order valence-electron chi connectivity index (χ1n) is 9.60. The second kappa shape index (κ2) is 15.2. The van der Waals surface area contributed by atoms with Crippen molar-refractivity contribution in [1.29, 1.82) is 0 Å². The van der Waals surface area contributed by atoms with E-state index in [0.29, 0.717) is 0 Å². The summed E-state index contributed by atoms with van der Waals surface area (Å²) in [7, 11) is -4.07. The maximum Gasteiger partial charge on any atom is 1.00 e. The molecule has 0 amide bonds. The third-order valence-electron chi connectivity index (χ3n) is 4.54. The number of hydrogen-bond donors (Lipinski definition) is 1. The predicted octanol–water partition coefficient (Wildman–Crippen LogP) is 3.29. The number of benzene rings is 1. The molecule has 0 radical (unpaired) electrons. The van der Waals surface area contributed by atoms with Gasteiger partial charge in [0.25, 0.3) is 10.1 Å². The van der Waals surface area contributed by atoms with Crippen molar-refractivity contribution < 1.29 is 44.0 Å². The molecule has 0 unspecified atom stereocenters. The van der Waals surface area contributed by atoms with Crippen LogP contribution in [0.5, 0.6) is 0 Å². The number of unbranched alkanes of at least 4 members (excludes halogenated alkanes) is 11. The first kappa shape index (κ1) is 25.1. The Bertz CT molecular complexity index is 532. The summed E-state index contributed by atoms with van der Waals surface area (Å²) >= 11 is 0. The average molecular weight is 379 g/mol. The molecule has 1 rings (SSSR count). The Morgan fingerprint density at radius 1 is 0.760 bits per heavy atom. The van der Waals surface area contributed by atoms with Gasteiger partial charge >= 0.3 is 29.6 Å². The van der Waals surface area contributed by atoms with Gasteiger partial charge < -0.3 is 1.43 Å². The Morgan fingerprint density at radius 3 is 1.56 bits per heavy atom. The molecule has 0 fully saturated rings. The Labute approximate surface area is 178 Å². The monoisotopic (exact) mass is 378 g/mol. The van der Waals surface area contributed by atoms with Crippen molar-refractivity contribution in [3.05, 3.63) is 29.8 Å². The van der Waals surface area contributed by atoms with E-state index in [1.54, 1.807) is 12.1 Å². The molecule has 0 aliphatic heterocycles.